The molecule has 11 nitrogen and oxygen atoms in total. The fourth-order valence-electron chi connectivity index (χ4n) is 6.34. The second-order valence-electron chi connectivity index (χ2n) is 15.1. The third kappa shape index (κ3) is 11.8. The Morgan fingerprint density at radius 3 is 2.28 bits per heavy atom. The quantitative estimate of drug-likeness (QED) is 0.199. The number of nitrogens with zero attached hydrogens (tertiary/aromatic N) is 1. The lowest BCUT2D eigenvalue weighted by Crippen LogP contribution is -2.51. The molecule has 2 N–H and O–H groups in total. The summed E-state index contributed by atoms with van der Waals surface area (Å²) in [5.41, 5.74) is 1.75. The Morgan fingerprint density at radius 1 is 0.981 bits per heavy atom. The highest BCUT2D eigenvalue weighted by atomic mass is 35.5. The van der Waals surface area contributed by atoms with E-state index in [2.05, 4.69) is 53.6 Å². The maximum absolute atomic E-state index is 13.7. The van der Waals surface area contributed by atoms with Gasteiger partial charge in [0, 0.05) is 31.8 Å². The SMILES string of the molecule is CCN(CC)Cc1ccc([C@H]2O[C@@H]2[C@@H](C)[C@@H]2C/C=C/C(=O)N[C@H](Cc3ccc(OC)c(Cl)c3)C(=O)NCC(C)(C)C(=O)O[C@@H](CC(C)C)C(=O)O2)cc1. The lowest BCUT2D eigenvalue weighted by Gasteiger charge is -2.29. The summed E-state index contributed by atoms with van der Waals surface area (Å²) >= 11 is 6.35. The molecule has 0 aliphatic carbocycles. The lowest BCUT2D eigenvalue weighted by molar-refractivity contribution is -0.179. The average Bonchev–Trinajstić information content (AvgIpc) is 3.92. The number of benzene rings is 2. The van der Waals surface area contributed by atoms with Crippen LogP contribution in [0.4, 0.5) is 0 Å². The third-order valence-electron chi connectivity index (χ3n) is 9.89. The Labute approximate surface area is 319 Å². The molecule has 0 bridgehead atoms. The first-order chi connectivity index (χ1) is 25.1. The number of halogens is 1. The van der Waals surface area contributed by atoms with Crippen LogP contribution in [0.15, 0.2) is 54.6 Å². The van der Waals surface area contributed by atoms with Gasteiger partial charge in [-0.25, -0.2) is 4.79 Å². The number of hydrogen-bond acceptors (Lipinski definition) is 9. The van der Waals surface area contributed by atoms with Gasteiger partial charge in [0.05, 0.1) is 23.7 Å². The second kappa shape index (κ2) is 18.9. The van der Waals surface area contributed by atoms with Crippen LogP contribution in [0.2, 0.25) is 5.02 Å². The molecule has 2 heterocycles. The van der Waals surface area contributed by atoms with Crippen molar-refractivity contribution in [1.82, 2.24) is 15.5 Å². The molecule has 53 heavy (non-hydrogen) atoms. The molecule has 4 rings (SSSR count). The van der Waals surface area contributed by atoms with Crippen LogP contribution in [0, 0.1) is 17.3 Å². The summed E-state index contributed by atoms with van der Waals surface area (Å²) in [7, 11) is 1.51. The minimum Gasteiger partial charge on any atom is -0.495 e. The monoisotopic (exact) mass is 753 g/mol. The molecule has 2 aliphatic rings. The molecular formula is C41H56ClN3O8. The number of hydrogen-bond donors (Lipinski definition) is 2. The molecule has 290 valence electrons. The molecule has 0 radical (unpaired) electrons. The molecule has 2 aliphatic heterocycles. The maximum Gasteiger partial charge on any atom is 0.347 e. The number of amides is 2. The van der Waals surface area contributed by atoms with Gasteiger partial charge in [-0.15, -0.1) is 0 Å². The van der Waals surface area contributed by atoms with E-state index >= 15 is 0 Å². The third-order valence-corrected chi connectivity index (χ3v) is 10.2. The number of cyclic esters (lactones) is 2. The zero-order valence-corrected chi connectivity index (χ0v) is 33.0. The Kier molecular flexibility index (Phi) is 14.9. The second-order valence-corrected chi connectivity index (χ2v) is 15.5. The summed E-state index contributed by atoms with van der Waals surface area (Å²) in [5.74, 6) is -2.08. The predicted octanol–water partition coefficient (Wildman–Crippen LogP) is 5.97. The van der Waals surface area contributed by atoms with E-state index in [0.29, 0.717) is 16.3 Å². The molecular weight excluding hydrogens is 698 g/mol. The highest BCUT2D eigenvalue weighted by molar-refractivity contribution is 6.32. The molecule has 0 saturated carbocycles. The maximum atomic E-state index is 13.7. The first-order valence-electron chi connectivity index (χ1n) is 18.6. The van der Waals surface area contributed by atoms with Crippen LogP contribution in [0.25, 0.3) is 0 Å². The molecule has 2 aromatic carbocycles. The Hall–Kier alpha value is -3.93. The molecule has 0 aromatic heterocycles. The standard InChI is InChI=1S/C41H56ClN3O8/c1-9-45(10-2)23-27-14-17-29(18-15-27)37-36(53-37)26(5)32-12-11-13-35(46)44-31(22-28-16-19-33(50-8)30(42)21-28)38(47)43-24-41(6,7)40(49)52-34(20-25(3)4)39(48)51-32/h11,13-19,21,25-26,31-32,34,36-37H,9-10,12,20,22-24H2,1-8H3,(H,43,47)(H,44,46)/b13-11+/t26-,31+,32-,34-,36+,37+/m0/s1. The number of nitrogens with one attached hydrogen (secondary N) is 2. The van der Waals surface area contributed by atoms with Crippen molar-refractivity contribution in [2.24, 2.45) is 17.3 Å². The smallest absolute Gasteiger partial charge is 0.347 e. The van der Waals surface area contributed by atoms with E-state index in [-0.39, 0.29) is 49.9 Å². The number of ether oxygens (including phenoxy) is 4. The fourth-order valence-corrected chi connectivity index (χ4v) is 6.62. The van der Waals surface area contributed by atoms with Crippen LogP contribution in [0.3, 0.4) is 0 Å². The molecule has 0 unspecified atom stereocenters. The summed E-state index contributed by atoms with van der Waals surface area (Å²) in [6.07, 6.45) is 1.28. The first-order valence-corrected chi connectivity index (χ1v) is 19.0. The number of rotatable bonds is 12. The predicted molar refractivity (Wildman–Crippen MR) is 203 cm³/mol. The number of esters is 2. The normalized spacial score (nSPS) is 25.2. The van der Waals surface area contributed by atoms with Crippen LogP contribution in [-0.4, -0.2) is 79.8 Å². The summed E-state index contributed by atoms with van der Waals surface area (Å²) in [6, 6.07) is 12.6. The van der Waals surface area contributed by atoms with Crippen LogP contribution in [-0.2, 0) is 46.4 Å². The van der Waals surface area contributed by atoms with Crippen molar-refractivity contribution in [1.29, 1.82) is 0 Å². The number of epoxide rings is 1. The van der Waals surface area contributed by atoms with Gasteiger partial charge in [-0.3, -0.25) is 19.3 Å². The van der Waals surface area contributed by atoms with E-state index < -0.39 is 47.4 Å². The van der Waals surface area contributed by atoms with Crippen LogP contribution < -0.4 is 15.4 Å². The number of methoxy groups -OCH3 is 1. The van der Waals surface area contributed by atoms with Crippen molar-refractivity contribution in [3.63, 3.8) is 0 Å². The Bertz CT molecular complexity index is 1610. The van der Waals surface area contributed by atoms with E-state index in [4.69, 9.17) is 30.5 Å². The topological polar surface area (TPSA) is 136 Å². The van der Waals surface area contributed by atoms with Gasteiger partial charge < -0.3 is 29.6 Å². The van der Waals surface area contributed by atoms with Gasteiger partial charge in [0.15, 0.2) is 6.10 Å². The average molecular weight is 754 g/mol. The van der Waals surface area contributed by atoms with Gasteiger partial charge in [0.1, 0.15) is 24.0 Å². The minimum absolute atomic E-state index is 0.0151. The summed E-state index contributed by atoms with van der Waals surface area (Å²) in [5, 5.41) is 5.94. The van der Waals surface area contributed by atoms with Gasteiger partial charge in [-0.1, -0.05) is 82.6 Å². The highest BCUT2D eigenvalue weighted by Crippen LogP contribution is 2.45. The molecule has 1 saturated heterocycles. The Morgan fingerprint density at radius 2 is 1.66 bits per heavy atom. The fraction of sp³-hybridized carbons (Fsp3) is 0.561. The van der Waals surface area contributed by atoms with E-state index in [1.165, 1.54) is 18.7 Å². The van der Waals surface area contributed by atoms with Gasteiger partial charge >= 0.3 is 11.9 Å². The molecule has 0 spiro atoms. The molecule has 1 fully saturated rings. The zero-order valence-electron chi connectivity index (χ0n) is 32.3. The summed E-state index contributed by atoms with van der Waals surface area (Å²) in [6.45, 7) is 16.1. The van der Waals surface area contributed by atoms with Crippen molar-refractivity contribution >= 4 is 35.4 Å². The van der Waals surface area contributed by atoms with Crippen molar-refractivity contribution in [3.8, 4) is 5.75 Å². The van der Waals surface area contributed by atoms with Crippen LogP contribution in [0.5, 0.6) is 5.75 Å². The first kappa shape index (κ1) is 41.8. The van der Waals surface area contributed by atoms with Crippen LogP contribution in [0.1, 0.15) is 84.1 Å². The zero-order chi connectivity index (χ0) is 38.9. The molecule has 6 atom stereocenters. The van der Waals surface area contributed by atoms with Crippen molar-refractivity contribution < 1.29 is 38.1 Å². The Balaban J connectivity index is 1.58. The number of carbonyl (C=O) groups excluding carboxylic acids is 4. The summed E-state index contributed by atoms with van der Waals surface area (Å²) in [4.78, 5) is 56.4. The van der Waals surface area contributed by atoms with Gasteiger partial charge in [-0.2, -0.15) is 0 Å². The number of carbonyl (C=O) groups is 4. The van der Waals surface area contributed by atoms with Crippen molar-refractivity contribution in [2.45, 2.75) is 105 Å². The van der Waals surface area contributed by atoms with E-state index in [0.717, 1.165) is 25.2 Å². The lowest BCUT2D eigenvalue weighted by atomic mass is 9.92. The van der Waals surface area contributed by atoms with E-state index in [9.17, 15) is 19.2 Å². The molecule has 2 aromatic rings. The molecule has 12 heteroatoms. The van der Waals surface area contributed by atoms with Crippen LogP contribution >= 0.6 is 11.6 Å². The van der Waals surface area contributed by atoms with Gasteiger partial charge in [-0.05, 0) is 74.2 Å². The van der Waals surface area contributed by atoms with E-state index in [1.54, 1.807) is 38.1 Å². The van der Waals surface area contributed by atoms with Gasteiger partial charge in [0.25, 0.3) is 0 Å². The minimum atomic E-state index is -1.21. The largest absolute Gasteiger partial charge is 0.495 e. The summed E-state index contributed by atoms with van der Waals surface area (Å²) < 4.78 is 23.4. The van der Waals surface area contributed by atoms with Crippen molar-refractivity contribution in [2.75, 3.05) is 26.7 Å². The van der Waals surface area contributed by atoms with Crippen molar-refractivity contribution in [3.05, 3.63) is 76.3 Å². The molecule has 2 amide bonds. The highest BCUT2D eigenvalue weighted by Gasteiger charge is 2.48. The van der Waals surface area contributed by atoms with E-state index in [1.807, 2.05) is 20.8 Å². The van der Waals surface area contributed by atoms with Gasteiger partial charge in [0.2, 0.25) is 11.8 Å².